The molecule has 1 aromatic heterocycles. The Balaban J connectivity index is 1.67. The van der Waals surface area contributed by atoms with E-state index in [2.05, 4.69) is 15.2 Å². The first kappa shape index (κ1) is 16.2. The van der Waals surface area contributed by atoms with E-state index < -0.39 is 6.10 Å². The zero-order valence-electron chi connectivity index (χ0n) is 13.5. The van der Waals surface area contributed by atoms with Crippen LogP contribution in [0, 0.1) is 5.82 Å². The number of hydrogen-bond acceptors (Lipinski definition) is 4. The summed E-state index contributed by atoms with van der Waals surface area (Å²) >= 11 is 0. The van der Waals surface area contributed by atoms with E-state index in [1.54, 1.807) is 31.3 Å². The summed E-state index contributed by atoms with van der Waals surface area (Å²) in [5, 5.41) is 2.72. The molecular weight excluding hydrogens is 309 g/mol. The van der Waals surface area contributed by atoms with Gasteiger partial charge in [0, 0.05) is 30.7 Å². The van der Waals surface area contributed by atoms with Gasteiger partial charge >= 0.3 is 0 Å². The average molecular weight is 329 g/mol. The molecule has 2 aromatic rings. The van der Waals surface area contributed by atoms with Crippen LogP contribution in [-0.2, 0) is 4.79 Å². The third-order valence-corrected chi connectivity index (χ3v) is 3.94. The highest BCUT2D eigenvalue weighted by molar-refractivity contribution is 5.94. The van der Waals surface area contributed by atoms with Crippen LogP contribution >= 0.6 is 0 Å². The van der Waals surface area contributed by atoms with Crippen LogP contribution in [0.25, 0.3) is 0 Å². The van der Waals surface area contributed by atoms with Crippen molar-refractivity contribution in [1.82, 2.24) is 4.98 Å². The summed E-state index contributed by atoms with van der Waals surface area (Å²) in [6.45, 7) is 3.47. The second-order valence-corrected chi connectivity index (χ2v) is 5.83. The molecule has 1 aliphatic rings. The number of nitrogens with one attached hydrogen (secondary N) is 1. The van der Waals surface area contributed by atoms with Gasteiger partial charge in [-0.25, -0.2) is 4.39 Å². The lowest BCUT2D eigenvalue weighted by Crippen LogP contribution is -2.30. The number of benzene rings is 1. The molecule has 0 radical (unpaired) electrons. The smallest absolute Gasteiger partial charge is 0.265 e. The maximum Gasteiger partial charge on any atom is 0.265 e. The van der Waals surface area contributed by atoms with Crippen molar-refractivity contribution in [2.24, 2.45) is 0 Å². The van der Waals surface area contributed by atoms with E-state index in [0.717, 1.165) is 31.6 Å². The number of nitrogens with zero attached hydrogens (tertiary/aromatic N) is 2. The van der Waals surface area contributed by atoms with Gasteiger partial charge in [-0.3, -0.25) is 9.78 Å². The highest BCUT2D eigenvalue weighted by Crippen LogP contribution is 2.25. The summed E-state index contributed by atoms with van der Waals surface area (Å²) < 4.78 is 19.4. The molecule has 5 nitrogen and oxygen atoms in total. The van der Waals surface area contributed by atoms with E-state index in [4.69, 9.17) is 4.74 Å². The molecule has 1 fully saturated rings. The molecule has 1 aliphatic heterocycles. The molecule has 1 aromatic carbocycles. The Morgan fingerprint density at radius 1 is 1.33 bits per heavy atom. The van der Waals surface area contributed by atoms with E-state index >= 15 is 0 Å². The highest BCUT2D eigenvalue weighted by atomic mass is 19.1. The van der Waals surface area contributed by atoms with Gasteiger partial charge in [0.05, 0.1) is 6.20 Å². The highest BCUT2D eigenvalue weighted by Gasteiger charge is 2.18. The number of carbonyl (C=O) groups is 1. The minimum absolute atomic E-state index is 0.336. The van der Waals surface area contributed by atoms with E-state index in [1.165, 1.54) is 18.3 Å². The predicted molar refractivity (Wildman–Crippen MR) is 90.8 cm³/mol. The summed E-state index contributed by atoms with van der Waals surface area (Å²) in [4.78, 5) is 18.3. The fourth-order valence-corrected chi connectivity index (χ4v) is 2.72. The molecule has 0 spiro atoms. The van der Waals surface area contributed by atoms with Crippen LogP contribution in [0.1, 0.15) is 19.8 Å². The number of hydrogen-bond donors (Lipinski definition) is 1. The first-order valence-corrected chi connectivity index (χ1v) is 8.05. The molecule has 1 amide bonds. The number of halogens is 1. The Kier molecular flexibility index (Phi) is 4.93. The molecule has 0 aliphatic carbocycles. The minimum Gasteiger partial charge on any atom is -0.479 e. The second kappa shape index (κ2) is 7.29. The molecule has 0 saturated carbocycles. The van der Waals surface area contributed by atoms with E-state index in [-0.39, 0.29) is 11.7 Å². The summed E-state index contributed by atoms with van der Waals surface area (Å²) in [6.07, 6.45) is 4.66. The van der Waals surface area contributed by atoms with Crippen molar-refractivity contribution in [3.63, 3.8) is 0 Å². The van der Waals surface area contributed by atoms with Crippen molar-refractivity contribution in [3.05, 3.63) is 48.5 Å². The number of anilines is 2. The molecule has 3 rings (SSSR count). The lowest BCUT2D eigenvalue weighted by Gasteiger charge is -2.19. The summed E-state index contributed by atoms with van der Waals surface area (Å²) in [7, 11) is 0. The van der Waals surface area contributed by atoms with Crippen molar-refractivity contribution < 1.29 is 13.9 Å². The normalized spacial score (nSPS) is 15.2. The van der Waals surface area contributed by atoms with Crippen LogP contribution in [0.2, 0.25) is 0 Å². The Labute approximate surface area is 140 Å². The fourth-order valence-electron chi connectivity index (χ4n) is 2.72. The maximum atomic E-state index is 13.9. The van der Waals surface area contributed by atoms with Gasteiger partial charge in [0.1, 0.15) is 11.6 Å². The topological polar surface area (TPSA) is 54.5 Å². The van der Waals surface area contributed by atoms with Crippen molar-refractivity contribution in [2.75, 3.05) is 23.3 Å². The predicted octanol–water partition coefficient (Wildman–Crippen LogP) is 3.23. The minimum atomic E-state index is -0.715. The quantitative estimate of drug-likeness (QED) is 0.915. The monoisotopic (exact) mass is 329 g/mol. The van der Waals surface area contributed by atoms with Gasteiger partial charge in [0.2, 0.25) is 0 Å². The summed E-state index contributed by atoms with van der Waals surface area (Å²) in [6, 6.07) is 8.06. The lowest BCUT2D eigenvalue weighted by molar-refractivity contribution is -0.122. The summed E-state index contributed by atoms with van der Waals surface area (Å²) in [5.41, 5.74) is 1.23. The van der Waals surface area contributed by atoms with E-state index in [9.17, 15) is 9.18 Å². The van der Waals surface area contributed by atoms with Crippen LogP contribution < -0.4 is 15.0 Å². The molecule has 0 bridgehead atoms. The largest absolute Gasteiger partial charge is 0.479 e. The first-order valence-electron chi connectivity index (χ1n) is 8.05. The number of pyridine rings is 1. The zero-order chi connectivity index (χ0) is 16.9. The van der Waals surface area contributed by atoms with Gasteiger partial charge in [0.15, 0.2) is 6.10 Å². The molecule has 126 valence electrons. The Morgan fingerprint density at radius 3 is 2.83 bits per heavy atom. The van der Waals surface area contributed by atoms with Crippen molar-refractivity contribution in [3.8, 4) is 5.75 Å². The van der Waals surface area contributed by atoms with Crippen molar-refractivity contribution in [2.45, 2.75) is 25.9 Å². The third kappa shape index (κ3) is 4.01. The molecule has 6 heteroatoms. The van der Waals surface area contributed by atoms with Crippen LogP contribution in [0.3, 0.4) is 0 Å². The van der Waals surface area contributed by atoms with Crippen LogP contribution in [-0.4, -0.2) is 30.1 Å². The number of amides is 1. The first-order chi connectivity index (χ1) is 11.6. The third-order valence-electron chi connectivity index (χ3n) is 3.94. The Bertz CT molecular complexity index is 703. The summed E-state index contributed by atoms with van der Waals surface area (Å²) in [5.74, 6) is -0.190. The number of carbonyl (C=O) groups excluding carboxylic acids is 1. The zero-order valence-corrected chi connectivity index (χ0v) is 13.5. The average Bonchev–Trinajstić information content (AvgIpc) is 3.09. The maximum absolute atomic E-state index is 13.9. The SMILES string of the molecule is C[C@H](Oc1cccnc1)C(=O)Nc1cc(F)cc(N2CCCC2)c1. The van der Waals surface area contributed by atoms with Crippen molar-refractivity contribution >= 4 is 17.3 Å². The number of aromatic nitrogens is 1. The van der Waals surface area contributed by atoms with Crippen molar-refractivity contribution in [1.29, 1.82) is 0 Å². The molecule has 24 heavy (non-hydrogen) atoms. The Hall–Kier alpha value is -2.63. The standard InChI is InChI=1S/C18H20FN3O2/c1-13(24-17-5-4-6-20-12-17)18(23)21-15-9-14(19)10-16(11-15)22-7-2-3-8-22/h4-6,9-13H,2-3,7-8H2,1H3,(H,21,23)/t13-/m0/s1. The van der Waals surface area contributed by atoms with E-state index in [1.807, 2.05) is 0 Å². The number of rotatable bonds is 5. The van der Waals surface area contributed by atoms with Gasteiger partial charge < -0.3 is 15.0 Å². The molecule has 0 unspecified atom stereocenters. The lowest BCUT2D eigenvalue weighted by atomic mass is 10.2. The van der Waals surface area contributed by atoms with Crippen LogP contribution in [0.15, 0.2) is 42.7 Å². The van der Waals surface area contributed by atoms with Crippen LogP contribution in [0.5, 0.6) is 5.75 Å². The number of ether oxygens (including phenoxy) is 1. The second-order valence-electron chi connectivity index (χ2n) is 5.83. The van der Waals surface area contributed by atoms with Gasteiger partial charge in [-0.2, -0.15) is 0 Å². The molecule has 1 saturated heterocycles. The molecule has 1 atom stereocenters. The molecular formula is C18H20FN3O2. The van der Waals surface area contributed by atoms with Gasteiger partial charge in [-0.05, 0) is 50.1 Å². The fraction of sp³-hybridized carbons (Fsp3) is 0.333. The van der Waals surface area contributed by atoms with Crippen LogP contribution in [0.4, 0.5) is 15.8 Å². The molecule has 2 heterocycles. The van der Waals surface area contributed by atoms with Gasteiger partial charge in [-0.1, -0.05) is 0 Å². The molecule has 1 N–H and O–H groups in total. The van der Waals surface area contributed by atoms with E-state index in [0.29, 0.717) is 11.4 Å². The van der Waals surface area contributed by atoms with Gasteiger partial charge in [0.25, 0.3) is 5.91 Å². The Morgan fingerprint density at radius 2 is 2.12 bits per heavy atom. The van der Waals surface area contributed by atoms with Gasteiger partial charge in [-0.15, -0.1) is 0 Å².